The van der Waals surface area contributed by atoms with E-state index in [0.29, 0.717) is 0 Å². The number of rotatable bonds is 8. The van der Waals surface area contributed by atoms with Crippen LogP contribution in [0.2, 0.25) is 0 Å². The normalized spacial score (nSPS) is 11.0. The minimum Gasteiger partial charge on any atom is -0.311 e. The lowest BCUT2D eigenvalue weighted by Crippen LogP contribution is -2.09. The molecule has 0 amide bonds. The fourth-order valence-electron chi connectivity index (χ4n) is 7.36. The standard InChI is InChI=1S/C52H37N/c1-4-14-38(15-5-1)45-35-46(39-16-6-2-7-17-39)37-47(36-45)41-28-32-50(33-29-41)53(48-22-8-3-9-23-48)49-30-26-40(27-31-49)43-20-12-21-44(34-43)52-25-13-19-42-18-10-11-24-51(42)52/h1-37H. The lowest BCUT2D eigenvalue weighted by Gasteiger charge is -2.26. The molecule has 9 aromatic rings. The molecule has 0 atom stereocenters. The highest BCUT2D eigenvalue weighted by atomic mass is 15.1. The molecule has 0 aliphatic carbocycles. The van der Waals surface area contributed by atoms with Gasteiger partial charge >= 0.3 is 0 Å². The average molecular weight is 676 g/mol. The number of nitrogens with zero attached hydrogens (tertiary/aromatic N) is 1. The van der Waals surface area contributed by atoms with Crippen molar-refractivity contribution in [3.05, 3.63) is 224 Å². The first-order valence-corrected chi connectivity index (χ1v) is 18.2. The van der Waals surface area contributed by atoms with Gasteiger partial charge in [-0.3, -0.25) is 0 Å². The first kappa shape index (κ1) is 32.0. The highest BCUT2D eigenvalue weighted by molar-refractivity contribution is 5.97. The SMILES string of the molecule is c1ccc(-c2cc(-c3ccccc3)cc(-c3ccc(N(c4ccccc4)c4ccc(-c5cccc(-c6cccc7ccccc67)c5)cc4)cc3)c2)cc1. The molecule has 0 heterocycles. The molecule has 0 bridgehead atoms. The quantitative estimate of drug-likeness (QED) is 0.155. The van der Waals surface area contributed by atoms with Crippen LogP contribution >= 0.6 is 0 Å². The molecule has 0 saturated heterocycles. The zero-order valence-electron chi connectivity index (χ0n) is 29.3. The largest absolute Gasteiger partial charge is 0.311 e. The summed E-state index contributed by atoms with van der Waals surface area (Å²) in [6.45, 7) is 0. The van der Waals surface area contributed by atoms with E-state index in [1.54, 1.807) is 0 Å². The molecule has 0 unspecified atom stereocenters. The van der Waals surface area contributed by atoms with E-state index in [1.165, 1.54) is 66.4 Å². The fraction of sp³-hybridized carbons (Fsp3) is 0. The Morgan fingerprint density at radius 3 is 1.19 bits per heavy atom. The third-order valence-electron chi connectivity index (χ3n) is 10.0. The summed E-state index contributed by atoms with van der Waals surface area (Å²) in [6.07, 6.45) is 0. The van der Waals surface area contributed by atoms with E-state index in [-0.39, 0.29) is 0 Å². The number of hydrogen-bond donors (Lipinski definition) is 0. The summed E-state index contributed by atoms with van der Waals surface area (Å²) in [5.41, 5.74) is 15.4. The lowest BCUT2D eigenvalue weighted by atomic mass is 9.93. The van der Waals surface area contributed by atoms with Crippen LogP contribution in [0.25, 0.3) is 66.4 Å². The molecule has 0 N–H and O–H groups in total. The monoisotopic (exact) mass is 675 g/mol. The van der Waals surface area contributed by atoms with Gasteiger partial charge in [0.2, 0.25) is 0 Å². The minimum atomic E-state index is 1.10. The predicted octanol–water partition coefficient (Wildman–Crippen LogP) is 14.6. The highest BCUT2D eigenvalue weighted by Crippen LogP contribution is 2.39. The molecule has 0 aliphatic rings. The molecule has 9 aromatic carbocycles. The van der Waals surface area contributed by atoms with Crippen LogP contribution in [0.4, 0.5) is 17.1 Å². The zero-order chi connectivity index (χ0) is 35.4. The number of fused-ring (bicyclic) bond motifs is 1. The van der Waals surface area contributed by atoms with Crippen LogP contribution < -0.4 is 4.90 Å². The number of anilines is 3. The van der Waals surface area contributed by atoms with Gasteiger partial charge in [0.25, 0.3) is 0 Å². The number of hydrogen-bond acceptors (Lipinski definition) is 1. The van der Waals surface area contributed by atoms with Gasteiger partial charge in [0.05, 0.1) is 0 Å². The van der Waals surface area contributed by atoms with Gasteiger partial charge in [-0.25, -0.2) is 0 Å². The van der Waals surface area contributed by atoms with Gasteiger partial charge in [-0.1, -0.05) is 164 Å². The average Bonchev–Trinajstić information content (AvgIpc) is 3.25. The number of para-hydroxylation sites is 1. The molecule has 0 radical (unpaired) electrons. The van der Waals surface area contributed by atoms with Crippen molar-refractivity contribution in [2.75, 3.05) is 4.90 Å². The Bertz CT molecular complexity index is 2560. The lowest BCUT2D eigenvalue weighted by molar-refractivity contribution is 1.28. The molecule has 0 fully saturated rings. The van der Waals surface area contributed by atoms with Crippen molar-refractivity contribution in [3.8, 4) is 55.6 Å². The van der Waals surface area contributed by atoms with E-state index in [1.807, 2.05) is 0 Å². The molecule has 0 spiro atoms. The van der Waals surface area contributed by atoms with Gasteiger partial charge in [-0.05, 0) is 127 Å². The van der Waals surface area contributed by atoms with E-state index in [4.69, 9.17) is 0 Å². The topological polar surface area (TPSA) is 3.24 Å². The summed E-state index contributed by atoms with van der Waals surface area (Å²) >= 11 is 0. The Labute approximate surface area is 311 Å². The summed E-state index contributed by atoms with van der Waals surface area (Å²) in [7, 11) is 0. The van der Waals surface area contributed by atoms with Gasteiger partial charge in [0, 0.05) is 17.1 Å². The molecule has 0 aliphatic heterocycles. The third kappa shape index (κ3) is 6.65. The van der Waals surface area contributed by atoms with Crippen LogP contribution in [-0.4, -0.2) is 0 Å². The van der Waals surface area contributed by atoms with Crippen molar-refractivity contribution in [2.45, 2.75) is 0 Å². The summed E-state index contributed by atoms with van der Waals surface area (Å²) in [5, 5.41) is 2.53. The summed E-state index contributed by atoms with van der Waals surface area (Å²) in [5.74, 6) is 0. The van der Waals surface area contributed by atoms with Gasteiger partial charge in [0.15, 0.2) is 0 Å². The fourth-order valence-corrected chi connectivity index (χ4v) is 7.36. The second kappa shape index (κ2) is 14.3. The Balaban J connectivity index is 1.06. The molecule has 1 heteroatoms. The van der Waals surface area contributed by atoms with Crippen molar-refractivity contribution in [3.63, 3.8) is 0 Å². The van der Waals surface area contributed by atoms with E-state index < -0.39 is 0 Å². The molecular weight excluding hydrogens is 639 g/mol. The van der Waals surface area contributed by atoms with Crippen LogP contribution in [0.1, 0.15) is 0 Å². The Kier molecular flexibility index (Phi) is 8.66. The maximum Gasteiger partial charge on any atom is 0.0462 e. The van der Waals surface area contributed by atoms with Gasteiger partial charge < -0.3 is 4.90 Å². The summed E-state index contributed by atoms with van der Waals surface area (Å²) < 4.78 is 0. The van der Waals surface area contributed by atoms with Crippen molar-refractivity contribution in [2.24, 2.45) is 0 Å². The van der Waals surface area contributed by atoms with Crippen LogP contribution in [0, 0.1) is 0 Å². The minimum absolute atomic E-state index is 1.10. The van der Waals surface area contributed by atoms with Crippen LogP contribution in [0.5, 0.6) is 0 Å². The van der Waals surface area contributed by atoms with Gasteiger partial charge in [-0.2, -0.15) is 0 Å². The van der Waals surface area contributed by atoms with Gasteiger partial charge in [0.1, 0.15) is 0 Å². The summed E-state index contributed by atoms with van der Waals surface area (Å²) in [6, 6.07) is 80.7. The van der Waals surface area contributed by atoms with Crippen molar-refractivity contribution >= 4 is 27.8 Å². The molecule has 9 rings (SSSR count). The molecule has 53 heavy (non-hydrogen) atoms. The highest BCUT2D eigenvalue weighted by Gasteiger charge is 2.14. The zero-order valence-corrected chi connectivity index (χ0v) is 29.3. The van der Waals surface area contributed by atoms with E-state index >= 15 is 0 Å². The molecular formula is C52H37N. The molecule has 1 nitrogen and oxygen atoms in total. The molecule has 250 valence electrons. The van der Waals surface area contributed by atoms with Crippen molar-refractivity contribution in [1.82, 2.24) is 0 Å². The van der Waals surface area contributed by atoms with E-state index in [2.05, 4.69) is 229 Å². The first-order valence-electron chi connectivity index (χ1n) is 18.2. The second-order valence-electron chi connectivity index (χ2n) is 13.4. The smallest absolute Gasteiger partial charge is 0.0462 e. The third-order valence-corrected chi connectivity index (χ3v) is 10.0. The van der Waals surface area contributed by atoms with Gasteiger partial charge in [-0.15, -0.1) is 0 Å². The summed E-state index contributed by atoms with van der Waals surface area (Å²) in [4.78, 5) is 2.33. The van der Waals surface area contributed by atoms with Crippen LogP contribution in [0.15, 0.2) is 224 Å². The Morgan fingerprint density at radius 1 is 0.226 bits per heavy atom. The van der Waals surface area contributed by atoms with E-state index in [0.717, 1.165) is 17.1 Å². The molecule has 0 saturated carbocycles. The van der Waals surface area contributed by atoms with Crippen LogP contribution in [-0.2, 0) is 0 Å². The first-order chi connectivity index (χ1) is 26.3. The predicted molar refractivity (Wildman–Crippen MR) is 226 cm³/mol. The maximum absolute atomic E-state index is 2.33. The second-order valence-corrected chi connectivity index (χ2v) is 13.4. The van der Waals surface area contributed by atoms with E-state index in [9.17, 15) is 0 Å². The van der Waals surface area contributed by atoms with Crippen LogP contribution in [0.3, 0.4) is 0 Å². The maximum atomic E-state index is 2.33. The molecule has 0 aromatic heterocycles. The van der Waals surface area contributed by atoms with Crippen molar-refractivity contribution in [1.29, 1.82) is 0 Å². The Hall–Kier alpha value is -6.96. The van der Waals surface area contributed by atoms with Crippen molar-refractivity contribution < 1.29 is 0 Å². The Morgan fingerprint density at radius 2 is 0.604 bits per heavy atom. The number of benzene rings is 9.